The number of halogens is 1. The summed E-state index contributed by atoms with van der Waals surface area (Å²) in [5.74, 6) is 0. The molecule has 1 rings (SSSR count). The molecule has 0 saturated carbocycles. The molecule has 0 aliphatic carbocycles. The smallest absolute Gasteiger partial charge is 0.0869 e. The van der Waals surface area contributed by atoms with Crippen LogP contribution in [-0.2, 0) is 11.0 Å². The Hall–Kier alpha value is -0.600. The molecule has 0 saturated heterocycles. The quantitative estimate of drug-likeness (QED) is 0.799. The Balaban J connectivity index is 3.21. The normalized spacial score (nSPS) is 13.0. The number of pyridine rings is 1. The van der Waals surface area contributed by atoms with E-state index in [0.29, 0.717) is 10.6 Å². The molecule has 0 aliphatic heterocycles. The molecule has 0 radical (unpaired) electrons. The second kappa shape index (κ2) is 3.76. The van der Waals surface area contributed by atoms with Crippen LogP contribution in [0.4, 0.5) is 0 Å². The van der Waals surface area contributed by atoms with Crippen molar-refractivity contribution in [1.29, 1.82) is 0 Å². The van der Waals surface area contributed by atoms with Crippen molar-refractivity contribution in [3.63, 3.8) is 0 Å². The molecule has 1 heterocycles. The van der Waals surface area contributed by atoms with E-state index in [9.17, 15) is 5.11 Å². The molecule has 1 aromatic heterocycles. The van der Waals surface area contributed by atoms with Gasteiger partial charge in [0, 0.05) is 27.9 Å². The Morgan fingerprint density at radius 3 is 2.07 bits per heavy atom. The van der Waals surface area contributed by atoms with E-state index < -0.39 is 5.60 Å². The van der Waals surface area contributed by atoms with Gasteiger partial charge in [-0.1, -0.05) is 32.4 Å². The first-order valence-corrected chi connectivity index (χ1v) is 5.39. The van der Waals surface area contributed by atoms with Gasteiger partial charge < -0.3 is 5.11 Å². The van der Waals surface area contributed by atoms with Crippen molar-refractivity contribution in [1.82, 2.24) is 4.98 Å². The molecule has 0 amide bonds. The highest BCUT2D eigenvalue weighted by atomic mass is 35.5. The van der Waals surface area contributed by atoms with E-state index >= 15 is 0 Å². The molecular formula is C12H18ClNO. The lowest BCUT2D eigenvalue weighted by molar-refractivity contribution is 0.0782. The van der Waals surface area contributed by atoms with Crippen LogP contribution >= 0.6 is 11.6 Å². The fraction of sp³-hybridized carbons (Fsp3) is 0.583. The zero-order chi connectivity index (χ0) is 11.9. The molecule has 84 valence electrons. The second-order valence-corrected chi connectivity index (χ2v) is 5.77. The number of aromatic nitrogens is 1. The minimum atomic E-state index is -0.944. The van der Waals surface area contributed by atoms with Crippen LogP contribution < -0.4 is 0 Å². The maximum Gasteiger partial charge on any atom is 0.0869 e. The molecule has 0 atom stereocenters. The van der Waals surface area contributed by atoms with Gasteiger partial charge in [-0.05, 0) is 19.9 Å². The van der Waals surface area contributed by atoms with Gasteiger partial charge in [0.15, 0.2) is 0 Å². The maximum atomic E-state index is 9.84. The zero-order valence-electron chi connectivity index (χ0n) is 9.93. The summed E-state index contributed by atoms with van der Waals surface area (Å²) in [4.78, 5) is 4.33. The molecule has 0 spiro atoms. The zero-order valence-corrected chi connectivity index (χ0v) is 10.7. The fourth-order valence-corrected chi connectivity index (χ4v) is 1.67. The lowest BCUT2D eigenvalue weighted by Gasteiger charge is -2.22. The van der Waals surface area contributed by atoms with Crippen LogP contribution in [0.5, 0.6) is 0 Å². The number of rotatable bonds is 1. The predicted octanol–water partition coefficient (Wildman–Crippen LogP) is 3.26. The van der Waals surface area contributed by atoms with Crippen molar-refractivity contribution >= 4 is 11.6 Å². The van der Waals surface area contributed by atoms with Crippen molar-refractivity contribution in [3.8, 4) is 0 Å². The van der Waals surface area contributed by atoms with Crippen molar-refractivity contribution in [2.45, 2.75) is 45.6 Å². The summed E-state index contributed by atoms with van der Waals surface area (Å²) < 4.78 is 0. The van der Waals surface area contributed by atoms with Crippen LogP contribution in [-0.4, -0.2) is 10.1 Å². The van der Waals surface area contributed by atoms with Crippen LogP contribution in [0.3, 0.4) is 0 Å². The molecule has 0 fully saturated rings. The summed E-state index contributed by atoms with van der Waals surface area (Å²) in [6.07, 6.45) is 1.66. The number of hydrogen-bond donors (Lipinski definition) is 1. The van der Waals surface area contributed by atoms with Gasteiger partial charge in [0.25, 0.3) is 0 Å². The molecule has 15 heavy (non-hydrogen) atoms. The van der Waals surface area contributed by atoms with Gasteiger partial charge in [-0.25, -0.2) is 0 Å². The first-order valence-electron chi connectivity index (χ1n) is 5.01. The number of hydrogen-bond acceptors (Lipinski definition) is 2. The molecule has 0 aliphatic rings. The molecule has 0 unspecified atom stereocenters. The highest BCUT2D eigenvalue weighted by Crippen LogP contribution is 2.30. The minimum absolute atomic E-state index is 0.0260. The van der Waals surface area contributed by atoms with Gasteiger partial charge in [0.05, 0.1) is 5.60 Å². The molecule has 0 aromatic carbocycles. The summed E-state index contributed by atoms with van der Waals surface area (Å²) in [5, 5.41) is 10.4. The van der Waals surface area contributed by atoms with Crippen LogP contribution in [0.1, 0.15) is 45.9 Å². The van der Waals surface area contributed by atoms with Crippen molar-refractivity contribution in [3.05, 3.63) is 28.5 Å². The van der Waals surface area contributed by atoms with Crippen molar-refractivity contribution < 1.29 is 5.11 Å². The molecular weight excluding hydrogens is 210 g/mol. The Labute approximate surface area is 96.3 Å². The van der Waals surface area contributed by atoms with Crippen molar-refractivity contribution in [2.75, 3.05) is 0 Å². The van der Waals surface area contributed by atoms with Crippen molar-refractivity contribution in [2.24, 2.45) is 0 Å². The van der Waals surface area contributed by atoms with Gasteiger partial charge in [0.2, 0.25) is 0 Å². The van der Waals surface area contributed by atoms with E-state index in [2.05, 4.69) is 25.8 Å². The topological polar surface area (TPSA) is 33.1 Å². The van der Waals surface area contributed by atoms with Gasteiger partial charge in [-0.3, -0.25) is 4.98 Å². The van der Waals surface area contributed by atoms with Crippen LogP contribution in [0.15, 0.2) is 12.3 Å². The number of aliphatic hydroxyl groups is 1. The monoisotopic (exact) mass is 227 g/mol. The van der Waals surface area contributed by atoms with E-state index in [1.54, 1.807) is 20.0 Å². The highest BCUT2D eigenvalue weighted by molar-refractivity contribution is 6.31. The third-order valence-electron chi connectivity index (χ3n) is 2.28. The Morgan fingerprint density at radius 1 is 1.20 bits per heavy atom. The minimum Gasteiger partial charge on any atom is -0.386 e. The standard InChI is InChI=1S/C12H18ClNO/c1-11(2,3)10-6-9(13)8(7-14-10)12(4,5)15/h6-7,15H,1-5H3. The van der Waals surface area contributed by atoms with Gasteiger partial charge in [-0.2, -0.15) is 0 Å². The fourth-order valence-electron chi connectivity index (χ4n) is 1.29. The average molecular weight is 228 g/mol. The SMILES string of the molecule is CC(C)(C)c1cc(Cl)c(C(C)(C)O)cn1. The molecule has 1 aromatic rings. The lowest BCUT2D eigenvalue weighted by Crippen LogP contribution is -2.19. The number of nitrogens with zero attached hydrogens (tertiary/aromatic N) is 1. The van der Waals surface area contributed by atoms with Gasteiger partial charge >= 0.3 is 0 Å². The third kappa shape index (κ3) is 2.93. The van der Waals surface area contributed by atoms with Crippen LogP contribution in [0.2, 0.25) is 5.02 Å². The van der Waals surface area contributed by atoms with E-state index in [-0.39, 0.29) is 5.41 Å². The summed E-state index contributed by atoms with van der Waals surface area (Å²) in [5.41, 5.74) is 0.625. The molecule has 1 N–H and O–H groups in total. The first kappa shape index (κ1) is 12.5. The van der Waals surface area contributed by atoms with E-state index in [0.717, 1.165) is 5.69 Å². The summed E-state index contributed by atoms with van der Waals surface area (Å²) in [6, 6.07) is 1.83. The van der Waals surface area contributed by atoms with Gasteiger partial charge in [0.1, 0.15) is 0 Å². The average Bonchev–Trinajstić information content (AvgIpc) is 1.99. The van der Waals surface area contributed by atoms with E-state index in [4.69, 9.17) is 11.6 Å². The van der Waals surface area contributed by atoms with Gasteiger partial charge in [-0.15, -0.1) is 0 Å². The summed E-state index contributed by atoms with van der Waals surface area (Å²) >= 11 is 6.12. The van der Waals surface area contributed by atoms with Crippen LogP contribution in [0, 0.1) is 0 Å². The maximum absolute atomic E-state index is 9.84. The van der Waals surface area contributed by atoms with E-state index in [1.807, 2.05) is 6.07 Å². The first-order chi connectivity index (χ1) is 6.62. The third-order valence-corrected chi connectivity index (χ3v) is 2.59. The predicted molar refractivity (Wildman–Crippen MR) is 63.2 cm³/mol. The summed E-state index contributed by atoms with van der Waals surface area (Å²) in [6.45, 7) is 9.64. The lowest BCUT2D eigenvalue weighted by atomic mass is 9.90. The molecule has 2 nitrogen and oxygen atoms in total. The summed E-state index contributed by atoms with van der Waals surface area (Å²) in [7, 11) is 0. The Bertz CT molecular complexity index is 361. The molecule has 0 bridgehead atoms. The Morgan fingerprint density at radius 2 is 1.73 bits per heavy atom. The van der Waals surface area contributed by atoms with E-state index in [1.165, 1.54) is 0 Å². The highest BCUT2D eigenvalue weighted by Gasteiger charge is 2.23. The Kier molecular flexibility index (Phi) is 3.13. The second-order valence-electron chi connectivity index (χ2n) is 5.36. The molecule has 3 heteroatoms. The van der Waals surface area contributed by atoms with Crippen LogP contribution in [0.25, 0.3) is 0 Å². The largest absolute Gasteiger partial charge is 0.386 e.